The maximum absolute atomic E-state index is 10.6. The van der Waals surface area contributed by atoms with Crippen molar-refractivity contribution in [2.24, 2.45) is 10.9 Å². The quantitative estimate of drug-likeness (QED) is 0.153. The Morgan fingerprint density at radius 3 is 2.82 bits per heavy atom. The van der Waals surface area contributed by atoms with Gasteiger partial charge in [-0.2, -0.15) is 0 Å². The highest BCUT2D eigenvalue weighted by atomic mass is 16.5. The fourth-order valence-electron chi connectivity index (χ4n) is 0.424. The molecular weight excluding hydrogens is 148 g/mol. The summed E-state index contributed by atoms with van der Waals surface area (Å²) in [6, 6.07) is 0. The topological polar surface area (TPSA) is 84.9 Å². The van der Waals surface area contributed by atoms with Gasteiger partial charge in [0, 0.05) is 0 Å². The van der Waals surface area contributed by atoms with Crippen molar-refractivity contribution < 1.29 is 14.7 Å². The summed E-state index contributed by atoms with van der Waals surface area (Å²) in [5.41, 5.74) is 4.92. The third-order valence-electron chi connectivity index (χ3n) is 1.05. The van der Waals surface area contributed by atoms with Crippen LogP contribution in [0.4, 0.5) is 0 Å². The fourth-order valence-corrected chi connectivity index (χ4v) is 0.424. The molecule has 0 aliphatic rings. The van der Waals surface area contributed by atoms with Gasteiger partial charge in [-0.05, 0) is 6.42 Å². The van der Waals surface area contributed by atoms with Gasteiger partial charge in [-0.1, -0.05) is 18.5 Å². The molecule has 0 aromatic heterocycles. The second-order valence-corrected chi connectivity index (χ2v) is 1.97. The second-order valence-electron chi connectivity index (χ2n) is 1.97. The summed E-state index contributed by atoms with van der Waals surface area (Å²) in [6.07, 6.45) is 1.72. The number of rotatable bonds is 3. The summed E-state index contributed by atoms with van der Waals surface area (Å²) in [5, 5.41) is 10.5. The number of carbonyl (C=O) groups is 1. The highest BCUT2D eigenvalue weighted by Gasteiger charge is 2.07. The number of unbranched alkanes of at least 4 members (excludes halogenated alkanes) is 1. The second kappa shape index (κ2) is 5.52. The maximum Gasteiger partial charge on any atom is 0.377 e. The molecule has 0 saturated heterocycles. The van der Waals surface area contributed by atoms with Crippen molar-refractivity contribution in [3.63, 3.8) is 0 Å². The minimum atomic E-state index is -0.777. The van der Waals surface area contributed by atoms with Crippen molar-refractivity contribution in [1.82, 2.24) is 0 Å². The van der Waals surface area contributed by atoms with Crippen LogP contribution in [0, 0.1) is 0 Å². The van der Waals surface area contributed by atoms with Crippen molar-refractivity contribution in [2.75, 3.05) is 6.61 Å². The van der Waals surface area contributed by atoms with Crippen molar-refractivity contribution >= 4 is 11.8 Å². The predicted molar refractivity (Wildman–Crippen MR) is 39.3 cm³/mol. The molecule has 0 radical (unpaired) electrons. The van der Waals surface area contributed by atoms with E-state index in [0.29, 0.717) is 6.61 Å². The summed E-state index contributed by atoms with van der Waals surface area (Å²) in [6.45, 7) is 2.28. The number of nitrogens with zero attached hydrogens (tertiary/aromatic N) is 1. The average Bonchev–Trinajstić information content (AvgIpc) is 2.03. The number of ether oxygens (including phenoxy) is 1. The molecule has 5 heteroatoms. The van der Waals surface area contributed by atoms with Crippen molar-refractivity contribution in [3.8, 4) is 0 Å². The first-order valence-corrected chi connectivity index (χ1v) is 3.37. The summed E-state index contributed by atoms with van der Waals surface area (Å²) in [4.78, 5) is 10.6. The zero-order valence-electron chi connectivity index (χ0n) is 6.41. The van der Waals surface area contributed by atoms with E-state index in [1.807, 2.05) is 6.92 Å². The van der Waals surface area contributed by atoms with Gasteiger partial charge < -0.3 is 15.7 Å². The summed E-state index contributed by atoms with van der Waals surface area (Å²) >= 11 is 0. The van der Waals surface area contributed by atoms with E-state index in [9.17, 15) is 4.79 Å². The van der Waals surface area contributed by atoms with Crippen LogP contribution in [0.2, 0.25) is 0 Å². The van der Waals surface area contributed by atoms with E-state index < -0.39 is 11.8 Å². The molecule has 0 unspecified atom stereocenters. The molecule has 0 aromatic rings. The van der Waals surface area contributed by atoms with E-state index in [0.717, 1.165) is 12.8 Å². The lowest BCUT2D eigenvalue weighted by molar-refractivity contribution is -0.135. The lowest BCUT2D eigenvalue weighted by atomic mass is 10.4. The van der Waals surface area contributed by atoms with Crippen LogP contribution >= 0.6 is 0 Å². The Kier molecular flexibility index (Phi) is 4.89. The SMILES string of the molecule is CCCCOC(=O)/C(N)=N\O. The molecule has 0 heterocycles. The van der Waals surface area contributed by atoms with E-state index in [-0.39, 0.29) is 0 Å². The first kappa shape index (κ1) is 9.74. The standard InChI is InChI=1S/C6H12N2O3/c1-2-3-4-11-6(9)5(7)8-10/h10H,2-4H2,1H3,(H2,7,8). The van der Waals surface area contributed by atoms with Gasteiger partial charge in [0.25, 0.3) is 0 Å². The van der Waals surface area contributed by atoms with Crippen LogP contribution in [0.1, 0.15) is 19.8 Å². The Bertz CT molecular complexity index is 156. The molecule has 0 spiro atoms. The van der Waals surface area contributed by atoms with E-state index in [1.54, 1.807) is 0 Å². The van der Waals surface area contributed by atoms with Gasteiger partial charge in [0.05, 0.1) is 6.61 Å². The summed E-state index contributed by atoms with van der Waals surface area (Å²) in [7, 11) is 0. The van der Waals surface area contributed by atoms with Crippen LogP contribution in [0.3, 0.4) is 0 Å². The van der Waals surface area contributed by atoms with Gasteiger partial charge in [0.1, 0.15) is 0 Å². The third kappa shape index (κ3) is 4.19. The fraction of sp³-hybridized carbons (Fsp3) is 0.667. The van der Waals surface area contributed by atoms with E-state index in [4.69, 9.17) is 10.9 Å². The van der Waals surface area contributed by atoms with Gasteiger partial charge in [-0.25, -0.2) is 4.79 Å². The Balaban J connectivity index is 3.53. The molecule has 3 N–H and O–H groups in total. The lowest BCUT2D eigenvalue weighted by Crippen LogP contribution is -2.26. The lowest BCUT2D eigenvalue weighted by Gasteiger charge is -2.00. The number of carbonyl (C=O) groups excluding carboxylic acids is 1. The zero-order chi connectivity index (χ0) is 8.69. The van der Waals surface area contributed by atoms with E-state index in [2.05, 4.69) is 9.89 Å². The Morgan fingerprint density at radius 2 is 2.36 bits per heavy atom. The molecule has 64 valence electrons. The van der Waals surface area contributed by atoms with Crippen LogP contribution in [-0.4, -0.2) is 23.6 Å². The van der Waals surface area contributed by atoms with Gasteiger partial charge in [-0.15, -0.1) is 0 Å². The minimum absolute atomic E-state index is 0.311. The highest BCUT2D eigenvalue weighted by molar-refractivity contribution is 6.34. The smallest absolute Gasteiger partial charge is 0.377 e. The number of nitrogens with two attached hydrogens (primary N) is 1. The minimum Gasteiger partial charge on any atom is -0.460 e. The molecule has 5 nitrogen and oxygen atoms in total. The molecule has 0 fully saturated rings. The average molecular weight is 160 g/mol. The third-order valence-corrected chi connectivity index (χ3v) is 1.05. The molecule has 0 bridgehead atoms. The molecular formula is C6H12N2O3. The number of oxime groups is 1. The Hall–Kier alpha value is -1.26. The van der Waals surface area contributed by atoms with Crippen molar-refractivity contribution in [3.05, 3.63) is 0 Å². The van der Waals surface area contributed by atoms with E-state index in [1.165, 1.54) is 0 Å². The molecule has 0 aliphatic carbocycles. The molecule has 0 amide bonds. The van der Waals surface area contributed by atoms with Gasteiger partial charge in [0.15, 0.2) is 0 Å². The Morgan fingerprint density at radius 1 is 1.73 bits per heavy atom. The van der Waals surface area contributed by atoms with Crippen molar-refractivity contribution in [2.45, 2.75) is 19.8 Å². The van der Waals surface area contributed by atoms with E-state index >= 15 is 0 Å². The monoisotopic (exact) mass is 160 g/mol. The number of amidine groups is 1. The normalized spacial score (nSPS) is 11.2. The molecule has 0 atom stereocenters. The molecule has 0 rings (SSSR count). The van der Waals surface area contributed by atoms with Gasteiger partial charge in [-0.3, -0.25) is 0 Å². The van der Waals surface area contributed by atoms with Crippen LogP contribution in [0.15, 0.2) is 5.16 Å². The summed E-state index contributed by atoms with van der Waals surface area (Å²) < 4.78 is 4.58. The van der Waals surface area contributed by atoms with Crippen molar-refractivity contribution in [1.29, 1.82) is 0 Å². The van der Waals surface area contributed by atoms with Crippen LogP contribution in [-0.2, 0) is 9.53 Å². The molecule has 0 aliphatic heterocycles. The van der Waals surface area contributed by atoms with Gasteiger partial charge in [0.2, 0.25) is 5.84 Å². The molecule has 0 saturated carbocycles. The highest BCUT2D eigenvalue weighted by Crippen LogP contribution is 1.88. The largest absolute Gasteiger partial charge is 0.460 e. The number of esters is 1. The molecule has 0 aromatic carbocycles. The molecule has 11 heavy (non-hydrogen) atoms. The first-order chi connectivity index (χ1) is 5.22. The van der Waals surface area contributed by atoms with Crippen LogP contribution in [0.5, 0.6) is 0 Å². The maximum atomic E-state index is 10.6. The Labute approximate surface area is 64.8 Å². The predicted octanol–water partition coefficient (Wildman–Crippen LogP) is 0.0761. The van der Waals surface area contributed by atoms with Crippen LogP contribution in [0.25, 0.3) is 0 Å². The van der Waals surface area contributed by atoms with Crippen LogP contribution < -0.4 is 5.73 Å². The first-order valence-electron chi connectivity index (χ1n) is 3.37. The van der Waals surface area contributed by atoms with Gasteiger partial charge >= 0.3 is 5.97 Å². The number of hydrogen-bond donors (Lipinski definition) is 2. The summed E-state index contributed by atoms with van der Waals surface area (Å²) in [5.74, 6) is -1.29. The zero-order valence-corrected chi connectivity index (χ0v) is 6.41. The number of hydrogen-bond acceptors (Lipinski definition) is 4.